The van der Waals surface area contributed by atoms with Gasteiger partial charge in [-0.15, -0.1) is 11.8 Å². The zero-order chi connectivity index (χ0) is 16.2. The van der Waals surface area contributed by atoms with Crippen LogP contribution in [-0.4, -0.2) is 10.9 Å². The predicted octanol–water partition coefficient (Wildman–Crippen LogP) is 6.71. The lowest BCUT2D eigenvalue weighted by molar-refractivity contribution is 0.634. The van der Waals surface area contributed by atoms with Crippen LogP contribution in [0.1, 0.15) is 37.7 Å². The van der Waals surface area contributed by atoms with Crippen LogP contribution in [0.3, 0.4) is 0 Å². The quantitative estimate of drug-likeness (QED) is 0.206. The Balaban J connectivity index is 1.50. The second-order valence-electron chi connectivity index (χ2n) is 5.55. The van der Waals surface area contributed by atoms with Crippen molar-refractivity contribution >= 4 is 34.8 Å². The Morgan fingerprint density at radius 2 is 1.52 bits per heavy atom. The van der Waals surface area contributed by atoms with E-state index in [1.165, 1.54) is 54.7 Å². The number of thiocarbonyl (C=S) groups is 1. The molecule has 23 heavy (non-hydrogen) atoms. The first kappa shape index (κ1) is 17.9. The van der Waals surface area contributed by atoms with Crippen LogP contribution in [0.5, 0.6) is 0 Å². The number of aliphatic imine (C=N–C) groups is 1. The predicted molar refractivity (Wildman–Crippen MR) is 105 cm³/mol. The van der Waals surface area contributed by atoms with E-state index in [2.05, 4.69) is 64.8 Å². The molecule has 3 heteroatoms. The highest BCUT2D eigenvalue weighted by atomic mass is 32.2. The van der Waals surface area contributed by atoms with Crippen molar-refractivity contribution in [3.05, 3.63) is 60.2 Å². The minimum atomic E-state index is 0.878. The summed E-state index contributed by atoms with van der Waals surface area (Å²) in [6.45, 7) is 0. The average molecular weight is 342 g/mol. The highest BCUT2D eigenvalue weighted by molar-refractivity contribution is 7.99. The monoisotopic (exact) mass is 341 g/mol. The third-order valence-corrected chi connectivity index (χ3v) is 4.92. The molecule has 2 rings (SSSR count). The zero-order valence-corrected chi connectivity index (χ0v) is 15.0. The van der Waals surface area contributed by atoms with Gasteiger partial charge in [0.25, 0.3) is 0 Å². The number of rotatable bonds is 10. The molecule has 2 aromatic rings. The van der Waals surface area contributed by atoms with Gasteiger partial charge in [-0.25, -0.2) is 0 Å². The molecule has 0 aromatic heterocycles. The van der Waals surface area contributed by atoms with Crippen molar-refractivity contribution in [2.24, 2.45) is 4.99 Å². The molecule has 0 aliphatic rings. The average Bonchev–Trinajstić information content (AvgIpc) is 2.60. The Hall–Kier alpha value is -1.41. The van der Waals surface area contributed by atoms with E-state index >= 15 is 0 Å². The van der Waals surface area contributed by atoms with E-state index in [0.717, 1.165) is 5.69 Å². The van der Waals surface area contributed by atoms with E-state index in [-0.39, 0.29) is 0 Å². The lowest BCUT2D eigenvalue weighted by atomic mass is 10.1. The number of nitrogens with zero attached hydrogens (tertiary/aromatic N) is 1. The Kier molecular flexibility index (Phi) is 8.72. The highest BCUT2D eigenvalue weighted by Crippen LogP contribution is 2.23. The summed E-state index contributed by atoms with van der Waals surface area (Å²) in [6, 6.07) is 19.0. The summed E-state index contributed by atoms with van der Waals surface area (Å²) in [5.41, 5.74) is 2.34. The van der Waals surface area contributed by atoms with Crippen molar-refractivity contribution in [1.29, 1.82) is 0 Å². The summed E-state index contributed by atoms with van der Waals surface area (Å²) in [5, 5.41) is 2.39. The van der Waals surface area contributed by atoms with E-state index in [1.807, 2.05) is 23.9 Å². The van der Waals surface area contributed by atoms with Crippen molar-refractivity contribution in [3.63, 3.8) is 0 Å². The van der Waals surface area contributed by atoms with E-state index in [9.17, 15) is 0 Å². The van der Waals surface area contributed by atoms with Gasteiger partial charge in [-0.1, -0.05) is 49.6 Å². The number of hydrogen-bond acceptors (Lipinski definition) is 3. The van der Waals surface area contributed by atoms with Crippen molar-refractivity contribution in [3.8, 4) is 0 Å². The van der Waals surface area contributed by atoms with Crippen LogP contribution in [0.25, 0.3) is 0 Å². The summed E-state index contributed by atoms with van der Waals surface area (Å²) in [4.78, 5) is 5.27. The molecule has 0 bridgehead atoms. The Bertz CT molecular complexity index is 601. The minimum Gasteiger partial charge on any atom is -0.195 e. The standard InChI is InChI=1S/C20H23NS2/c22-17-21-19-12-14-20(15-13-19)23-16-8-3-1-2-5-9-18-10-6-4-7-11-18/h4,6-7,10-15H,1-3,5,8-9,16H2. The van der Waals surface area contributed by atoms with Crippen molar-refractivity contribution in [2.75, 3.05) is 5.75 Å². The molecule has 0 spiro atoms. The molecule has 0 heterocycles. The van der Waals surface area contributed by atoms with Gasteiger partial charge in [-0.05, 0) is 67.1 Å². The molecule has 0 saturated carbocycles. The van der Waals surface area contributed by atoms with Crippen LogP contribution in [-0.2, 0) is 6.42 Å². The van der Waals surface area contributed by atoms with E-state index in [1.54, 1.807) is 0 Å². The molecule has 0 aliphatic carbocycles. The van der Waals surface area contributed by atoms with Crippen LogP contribution in [0.15, 0.2) is 64.5 Å². The van der Waals surface area contributed by atoms with Gasteiger partial charge in [0, 0.05) is 4.90 Å². The SMILES string of the molecule is S=C=Nc1ccc(SCCCCCCCc2ccccc2)cc1. The summed E-state index contributed by atoms with van der Waals surface area (Å²) in [5.74, 6) is 1.19. The number of isothiocyanates is 1. The molecule has 0 fully saturated rings. The van der Waals surface area contributed by atoms with Crippen LogP contribution in [0, 0.1) is 0 Å². The molecular weight excluding hydrogens is 318 g/mol. The second-order valence-corrected chi connectivity index (χ2v) is 6.90. The normalized spacial score (nSPS) is 10.3. The summed E-state index contributed by atoms with van der Waals surface area (Å²) >= 11 is 6.52. The molecule has 1 nitrogen and oxygen atoms in total. The third-order valence-electron chi connectivity index (χ3n) is 3.73. The van der Waals surface area contributed by atoms with E-state index in [0.29, 0.717) is 0 Å². The first-order valence-corrected chi connectivity index (χ1v) is 9.62. The minimum absolute atomic E-state index is 0.878. The fourth-order valence-electron chi connectivity index (χ4n) is 2.47. The van der Waals surface area contributed by atoms with Crippen molar-refractivity contribution in [2.45, 2.75) is 43.4 Å². The van der Waals surface area contributed by atoms with Gasteiger partial charge in [-0.2, -0.15) is 4.99 Å². The number of benzene rings is 2. The first-order chi connectivity index (χ1) is 11.4. The Morgan fingerprint density at radius 1 is 0.826 bits per heavy atom. The molecule has 0 N–H and O–H groups in total. The second kappa shape index (κ2) is 11.2. The molecule has 0 atom stereocenters. The number of hydrogen-bond donors (Lipinski definition) is 0. The smallest absolute Gasteiger partial charge is 0.0740 e. The maximum absolute atomic E-state index is 4.60. The first-order valence-electron chi connectivity index (χ1n) is 8.23. The van der Waals surface area contributed by atoms with Gasteiger partial charge < -0.3 is 0 Å². The molecule has 0 radical (unpaired) electrons. The largest absolute Gasteiger partial charge is 0.195 e. The fourth-order valence-corrected chi connectivity index (χ4v) is 3.48. The lowest BCUT2D eigenvalue weighted by Gasteiger charge is -2.03. The maximum Gasteiger partial charge on any atom is 0.0740 e. The topological polar surface area (TPSA) is 12.4 Å². The van der Waals surface area contributed by atoms with Gasteiger partial charge in [0.05, 0.1) is 10.8 Å². The van der Waals surface area contributed by atoms with Gasteiger partial charge >= 0.3 is 0 Å². The molecule has 0 unspecified atom stereocenters. The maximum atomic E-state index is 4.60. The van der Waals surface area contributed by atoms with Gasteiger partial charge in [-0.3, -0.25) is 0 Å². The number of unbranched alkanes of at least 4 members (excludes halogenated alkanes) is 4. The van der Waals surface area contributed by atoms with Crippen molar-refractivity contribution < 1.29 is 0 Å². The van der Waals surface area contributed by atoms with E-state index < -0.39 is 0 Å². The molecule has 0 amide bonds. The lowest BCUT2D eigenvalue weighted by Crippen LogP contribution is -1.86. The fraction of sp³-hybridized carbons (Fsp3) is 0.350. The van der Waals surface area contributed by atoms with Crippen molar-refractivity contribution in [1.82, 2.24) is 0 Å². The van der Waals surface area contributed by atoms with Crippen LogP contribution < -0.4 is 0 Å². The third kappa shape index (κ3) is 7.60. The molecule has 0 saturated heterocycles. The molecule has 0 aliphatic heterocycles. The van der Waals surface area contributed by atoms with Gasteiger partial charge in [0.1, 0.15) is 0 Å². The van der Waals surface area contributed by atoms with Crippen LogP contribution in [0.2, 0.25) is 0 Å². The molecule has 2 aromatic carbocycles. The number of thioether (sulfide) groups is 1. The van der Waals surface area contributed by atoms with E-state index in [4.69, 9.17) is 0 Å². The molecular formula is C20H23NS2. The van der Waals surface area contributed by atoms with Gasteiger partial charge in [0.15, 0.2) is 0 Å². The zero-order valence-electron chi connectivity index (χ0n) is 13.4. The Morgan fingerprint density at radius 3 is 2.26 bits per heavy atom. The number of aryl methyl sites for hydroxylation is 1. The van der Waals surface area contributed by atoms with Crippen LogP contribution in [0.4, 0.5) is 5.69 Å². The summed E-state index contributed by atoms with van der Waals surface area (Å²) in [6.07, 6.45) is 7.82. The summed E-state index contributed by atoms with van der Waals surface area (Å²) < 4.78 is 0. The summed E-state index contributed by atoms with van der Waals surface area (Å²) in [7, 11) is 0. The Labute approximate surface area is 149 Å². The van der Waals surface area contributed by atoms with Crippen LogP contribution >= 0.6 is 24.0 Å². The van der Waals surface area contributed by atoms with Gasteiger partial charge in [0.2, 0.25) is 0 Å². The molecule has 120 valence electrons. The highest BCUT2D eigenvalue weighted by Gasteiger charge is 1.96.